The Morgan fingerprint density at radius 2 is 1.80 bits per heavy atom. The fraction of sp³-hybridized carbons (Fsp3) is 0.480. The number of urea groups is 1. The largest absolute Gasteiger partial charge is 0.497 e. The first kappa shape index (κ1) is 21.0. The summed E-state index contributed by atoms with van der Waals surface area (Å²) < 4.78 is 5.27. The van der Waals surface area contributed by atoms with Gasteiger partial charge in [0.2, 0.25) is 0 Å². The van der Waals surface area contributed by atoms with Crippen LogP contribution < -0.4 is 9.64 Å². The van der Waals surface area contributed by atoms with Gasteiger partial charge in [-0.15, -0.1) is 0 Å². The molecule has 160 valence electrons. The van der Waals surface area contributed by atoms with Gasteiger partial charge in [0.25, 0.3) is 0 Å². The Hall–Kier alpha value is -2.20. The van der Waals surface area contributed by atoms with Crippen LogP contribution in [-0.4, -0.2) is 25.1 Å². The van der Waals surface area contributed by atoms with Crippen LogP contribution in [0.5, 0.6) is 5.75 Å². The smallest absolute Gasteiger partial charge is 0.325 e. The average molecular weight is 427 g/mol. The lowest BCUT2D eigenvalue weighted by Crippen LogP contribution is -2.59. The summed E-state index contributed by atoms with van der Waals surface area (Å²) in [6.07, 6.45) is 3.22. The van der Waals surface area contributed by atoms with E-state index in [9.17, 15) is 4.79 Å². The second kappa shape index (κ2) is 7.49. The van der Waals surface area contributed by atoms with Crippen LogP contribution in [0, 0.1) is 11.3 Å². The molecule has 1 aliphatic carbocycles. The standard InChI is InChI=1S/C25H31ClN2O2/c1-24(2,3)16-25(18-8-9-18)21-14-19(26)10-13-22(21)28(23(29)27(25)4)15-17-6-11-20(30-5)12-7-17/h6-7,10-14,18H,8-9,15-16H2,1-5H3. The molecule has 1 atom stereocenters. The fourth-order valence-electron chi connectivity index (χ4n) is 5.01. The molecule has 0 N–H and O–H groups in total. The van der Waals surface area contributed by atoms with Crippen molar-refractivity contribution in [3.05, 3.63) is 58.6 Å². The van der Waals surface area contributed by atoms with Crippen LogP contribution in [0.1, 0.15) is 51.2 Å². The van der Waals surface area contributed by atoms with Crippen molar-refractivity contribution >= 4 is 23.3 Å². The Kier molecular flexibility index (Phi) is 5.26. The van der Waals surface area contributed by atoms with Crippen LogP contribution in [0.25, 0.3) is 0 Å². The van der Waals surface area contributed by atoms with E-state index in [4.69, 9.17) is 16.3 Å². The summed E-state index contributed by atoms with van der Waals surface area (Å²) in [5.74, 6) is 1.29. The van der Waals surface area contributed by atoms with Crippen molar-refractivity contribution in [3.8, 4) is 5.75 Å². The SMILES string of the molecule is COc1ccc(CN2C(=O)N(C)C(CC(C)(C)C)(C3CC3)c3cc(Cl)ccc32)cc1. The molecule has 2 amide bonds. The van der Waals surface area contributed by atoms with Crippen LogP contribution in [-0.2, 0) is 12.1 Å². The minimum Gasteiger partial charge on any atom is -0.497 e. The maximum Gasteiger partial charge on any atom is 0.325 e. The molecule has 0 saturated heterocycles. The van der Waals surface area contributed by atoms with Crippen molar-refractivity contribution in [2.75, 3.05) is 19.1 Å². The molecular formula is C25H31ClN2O2. The summed E-state index contributed by atoms with van der Waals surface area (Å²) in [5.41, 5.74) is 2.99. The number of benzene rings is 2. The predicted octanol–water partition coefficient (Wildman–Crippen LogP) is 6.46. The third-order valence-electron chi connectivity index (χ3n) is 6.38. The highest BCUT2D eigenvalue weighted by Crippen LogP contribution is 2.58. The zero-order valence-corrected chi connectivity index (χ0v) is 19.3. The molecule has 4 rings (SSSR count). The van der Waals surface area contributed by atoms with Gasteiger partial charge in [0.15, 0.2) is 0 Å². The average Bonchev–Trinajstić information content (AvgIpc) is 3.54. The van der Waals surface area contributed by atoms with E-state index in [-0.39, 0.29) is 17.0 Å². The second-order valence-electron chi connectivity index (χ2n) is 9.87. The minimum absolute atomic E-state index is 0.0526. The number of rotatable bonds is 5. The number of halogens is 1. The number of hydrogen-bond acceptors (Lipinski definition) is 2. The van der Waals surface area contributed by atoms with E-state index in [1.54, 1.807) is 7.11 Å². The van der Waals surface area contributed by atoms with Gasteiger partial charge in [0, 0.05) is 17.6 Å². The quantitative estimate of drug-likeness (QED) is 0.549. The molecular weight excluding hydrogens is 396 g/mol. The predicted molar refractivity (Wildman–Crippen MR) is 122 cm³/mol. The number of carbonyl (C=O) groups is 1. The van der Waals surface area contributed by atoms with Crippen molar-refractivity contribution in [1.82, 2.24) is 4.90 Å². The van der Waals surface area contributed by atoms with Crippen LogP contribution in [0.4, 0.5) is 10.5 Å². The molecule has 0 spiro atoms. The molecule has 5 heteroatoms. The Morgan fingerprint density at radius 1 is 1.13 bits per heavy atom. The highest BCUT2D eigenvalue weighted by atomic mass is 35.5. The van der Waals surface area contributed by atoms with Crippen molar-refractivity contribution in [1.29, 1.82) is 0 Å². The lowest BCUT2D eigenvalue weighted by Gasteiger charge is -2.52. The maximum atomic E-state index is 13.7. The molecule has 1 heterocycles. The van der Waals surface area contributed by atoms with E-state index >= 15 is 0 Å². The topological polar surface area (TPSA) is 32.8 Å². The van der Waals surface area contributed by atoms with E-state index in [0.717, 1.165) is 41.3 Å². The molecule has 1 aliphatic heterocycles. The van der Waals surface area contributed by atoms with Crippen molar-refractivity contribution in [2.24, 2.45) is 11.3 Å². The Morgan fingerprint density at radius 3 is 2.37 bits per heavy atom. The molecule has 2 aromatic carbocycles. The monoisotopic (exact) mass is 426 g/mol. The van der Waals surface area contributed by atoms with Crippen molar-refractivity contribution in [2.45, 2.75) is 52.1 Å². The maximum absolute atomic E-state index is 13.7. The van der Waals surface area contributed by atoms with Gasteiger partial charge in [-0.1, -0.05) is 44.5 Å². The molecule has 30 heavy (non-hydrogen) atoms. The van der Waals surface area contributed by atoms with Crippen LogP contribution in [0.3, 0.4) is 0 Å². The molecule has 1 fully saturated rings. The minimum atomic E-state index is -0.314. The van der Waals surface area contributed by atoms with E-state index in [1.807, 2.05) is 53.2 Å². The molecule has 2 aliphatic rings. The Labute approximate surface area is 184 Å². The summed E-state index contributed by atoms with van der Waals surface area (Å²) in [5, 5.41) is 0.722. The molecule has 0 radical (unpaired) electrons. The third-order valence-corrected chi connectivity index (χ3v) is 6.62. The van der Waals surface area contributed by atoms with Gasteiger partial charge >= 0.3 is 6.03 Å². The van der Waals surface area contributed by atoms with Gasteiger partial charge in [0.05, 0.1) is 24.9 Å². The number of amides is 2. The van der Waals surface area contributed by atoms with Gasteiger partial charge in [-0.3, -0.25) is 4.90 Å². The van der Waals surface area contributed by atoms with Gasteiger partial charge in [-0.05, 0) is 66.5 Å². The first-order valence-corrected chi connectivity index (χ1v) is 11.0. The van der Waals surface area contributed by atoms with Gasteiger partial charge in [-0.2, -0.15) is 0 Å². The van der Waals surface area contributed by atoms with E-state index < -0.39 is 0 Å². The highest BCUT2D eigenvalue weighted by molar-refractivity contribution is 6.30. The van der Waals surface area contributed by atoms with Gasteiger partial charge in [-0.25, -0.2) is 4.79 Å². The summed E-state index contributed by atoms with van der Waals surface area (Å²) in [7, 11) is 3.63. The number of anilines is 1. The van der Waals surface area contributed by atoms with Crippen molar-refractivity contribution < 1.29 is 9.53 Å². The normalized spacial score (nSPS) is 21.6. The van der Waals surface area contributed by atoms with E-state index in [1.165, 1.54) is 5.56 Å². The molecule has 1 saturated carbocycles. The number of ether oxygens (including phenoxy) is 1. The molecule has 0 aromatic heterocycles. The van der Waals surface area contributed by atoms with Crippen molar-refractivity contribution in [3.63, 3.8) is 0 Å². The Balaban J connectivity index is 1.81. The third kappa shape index (κ3) is 3.66. The summed E-state index contributed by atoms with van der Waals surface area (Å²) >= 11 is 6.49. The van der Waals surface area contributed by atoms with Gasteiger partial charge in [0.1, 0.15) is 5.75 Å². The molecule has 0 bridgehead atoms. The summed E-state index contributed by atoms with van der Waals surface area (Å²) in [6, 6.07) is 14.0. The van der Waals surface area contributed by atoms with Crippen LogP contribution in [0.15, 0.2) is 42.5 Å². The molecule has 2 aromatic rings. The molecule has 1 unspecified atom stereocenters. The van der Waals surface area contributed by atoms with E-state index in [2.05, 4.69) is 26.8 Å². The van der Waals surface area contributed by atoms with Gasteiger partial charge < -0.3 is 9.64 Å². The fourth-order valence-corrected chi connectivity index (χ4v) is 5.19. The van der Waals surface area contributed by atoms with Crippen LogP contribution in [0.2, 0.25) is 5.02 Å². The Bertz CT molecular complexity index is 947. The summed E-state index contributed by atoms with van der Waals surface area (Å²) in [4.78, 5) is 17.6. The second-order valence-corrected chi connectivity index (χ2v) is 10.3. The summed E-state index contributed by atoms with van der Waals surface area (Å²) in [6.45, 7) is 7.27. The number of fused-ring (bicyclic) bond motifs is 1. The zero-order chi connectivity index (χ0) is 21.7. The van der Waals surface area contributed by atoms with E-state index in [0.29, 0.717) is 12.5 Å². The molecule has 4 nitrogen and oxygen atoms in total. The zero-order valence-electron chi connectivity index (χ0n) is 18.5. The number of methoxy groups -OCH3 is 1. The first-order valence-electron chi connectivity index (χ1n) is 10.6. The number of hydrogen-bond donors (Lipinski definition) is 0. The number of nitrogens with zero attached hydrogens (tertiary/aromatic N) is 2. The highest BCUT2D eigenvalue weighted by Gasteiger charge is 2.56. The first-order chi connectivity index (χ1) is 14.2. The lowest BCUT2D eigenvalue weighted by atomic mass is 9.70. The number of carbonyl (C=O) groups excluding carboxylic acids is 1. The van der Waals surface area contributed by atoms with Crippen LogP contribution >= 0.6 is 11.6 Å². The lowest BCUT2D eigenvalue weighted by molar-refractivity contribution is 0.0688.